The molecule has 0 bridgehead atoms. The van der Waals surface area contributed by atoms with Gasteiger partial charge in [-0.3, -0.25) is 9.59 Å². The number of fused-ring (bicyclic) bond motifs is 7. The number of aliphatic hydroxyl groups is 1. The maximum Gasteiger partial charge on any atom is 0.306 e. The van der Waals surface area contributed by atoms with E-state index in [0.29, 0.717) is 19.3 Å². The predicted octanol–water partition coefficient (Wildman–Crippen LogP) is 5.84. The average molecular weight is 539 g/mol. The molecule has 39 heavy (non-hydrogen) atoms. The van der Waals surface area contributed by atoms with E-state index in [4.69, 9.17) is 14.2 Å². The van der Waals surface area contributed by atoms with Gasteiger partial charge in [-0.15, -0.1) is 0 Å². The van der Waals surface area contributed by atoms with Crippen molar-refractivity contribution in [2.24, 2.45) is 34.5 Å². The van der Waals surface area contributed by atoms with Crippen LogP contribution in [0.4, 0.5) is 0 Å². The van der Waals surface area contributed by atoms with Gasteiger partial charge in [-0.1, -0.05) is 70.4 Å². The molecule has 0 aromatic carbocycles. The third-order valence-electron chi connectivity index (χ3n) is 11.6. The zero-order valence-electron chi connectivity index (χ0n) is 24.0. The topological polar surface area (TPSA) is 82.1 Å². The van der Waals surface area contributed by atoms with E-state index in [1.54, 1.807) is 0 Å². The van der Waals surface area contributed by atoms with Crippen molar-refractivity contribution in [3.05, 3.63) is 36.0 Å². The van der Waals surface area contributed by atoms with Gasteiger partial charge in [0.1, 0.15) is 0 Å². The second-order valence-electron chi connectivity index (χ2n) is 13.7. The lowest BCUT2D eigenvalue weighted by molar-refractivity contribution is -0.210. The van der Waals surface area contributed by atoms with Crippen molar-refractivity contribution in [2.75, 3.05) is 6.61 Å². The molecule has 1 unspecified atom stereocenters. The van der Waals surface area contributed by atoms with Crippen LogP contribution in [0.5, 0.6) is 0 Å². The Hall–Kier alpha value is -1.76. The maximum atomic E-state index is 14.2. The Morgan fingerprint density at radius 1 is 1.18 bits per heavy atom. The fraction of sp³-hybridized carbons (Fsp3) is 0.758. The van der Waals surface area contributed by atoms with Gasteiger partial charge in [-0.2, -0.15) is 0 Å². The summed E-state index contributed by atoms with van der Waals surface area (Å²) >= 11 is 0. The van der Waals surface area contributed by atoms with Crippen molar-refractivity contribution < 1.29 is 28.9 Å². The summed E-state index contributed by atoms with van der Waals surface area (Å²) in [5.41, 5.74) is 0.350. The lowest BCUT2D eigenvalue weighted by Crippen LogP contribution is -2.63. The van der Waals surface area contributed by atoms with E-state index >= 15 is 0 Å². The lowest BCUT2D eigenvalue weighted by atomic mass is 9.46. The number of rotatable bonds is 6. The largest absolute Gasteiger partial charge is 0.458 e. The second kappa shape index (κ2) is 9.95. The smallest absolute Gasteiger partial charge is 0.306 e. The average Bonchev–Trinajstić information content (AvgIpc) is 3.41. The van der Waals surface area contributed by atoms with Gasteiger partial charge in [-0.25, -0.2) is 0 Å². The van der Waals surface area contributed by atoms with Gasteiger partial charge < -0.3 is 19.3 Å². The SMILES string of the molecule is C=C1C=C[C@@]2(C)C(=C1)CC[C@@H]1[C@@H]2[C@@H](O)C[C@@]2(C)[C@H]1C[C@H]1OC(C3CCCCC3)O[C@]12C(=O)COC(=O)CCC. The van der Waals surface area contributed by atoms with E-state index < -0.39 is 23.4 Å². The summed E-state index contributed by atoms with van der Waals surface area (Å²) in [5.74, 6) is 0.229. The number of allylic oxidation sites excluding steroid dienone is 5. The molecule has 1 saturated heterocycles. The molecule has 1 N–H and O–H groups in total. The molecule has 9 atom stereocenters. The number of aliphatic hydroxyl groups excluding tert-OH is 1. The van der Waals surface area contributed by atoms with Crippen LogP contribution in [-0.4, -0.2) is 47.6 Å². The minimum absolute atomic E-state index is 0.0717. The number of ketones is 1. The highest BCUT2D eigenvalue weighted by Crippen LogP contribution is 2.70. The Labute approximate surface area is 233 Å². The van der Waals surface area contributed by atoms with Gasteiger partial charge in [-0.05, 0) is 62.4 Å². The zero-order valence-corrected chi connectivity index (χ0v) is 24.0. The first-order chi connectivity index (χ1) is 18.6. The molecule has 4 saturated carbocycles. The maximum absolute atomic E-state index is 14.2. The Morgan fingerprint density at radius 2 is 1.95 bits per heavy atom. The summed E-state index contributed by atoms with van der Waals surface area (Å²) in [4.78, 5) is 26.5. The number of esters is 1. The number of carbonyl (C=O) groups excluding carboxylic acids is 2. The number of hydrogen-bond donors (Lipinski definition) is 1. The third kappa shape index (κ3) is 4.06. The van der Waals surface area contributed by atoms with Crippen molar-refractivity contribution in [1.82, 2.24) is 0 Å². The predicted molar refractivity (Wildman–Crippen MR) is 147 cm³/mol. The Kier molecular flexibility index (Phi) is 7.00. The standard InChI is InChI=1S/C33H46O6/c1-5-9-28(36)37-19-26(35)33-27(38-30(39-33)21-10-7-6-8-11-21)17-24-23-13-12-22-16-20(2)14-15-31(22,3)29(23)25(34)18-32(24,33)4/h14-16,21,23-25,27,29-30,34H,2,5-13,17-19H2,1,3-4H3/t23-,24-,25-,27+,29+,30?,31-,32-,33+/m0/s1. The first-order valence-corrected chi connectivity index (χ1v) is 15.4. The monoisotopic (exact) mass is 538 g/mol. The molecule has 6 rings (SSSR count). The minimum Gasteiger partial charge on any atom is -0.458 e. The summed E-state index contributed by atoms with van der Waals surface area (Å²) in [5, 5.41) is 11.9. The molecule has 0 aromatic heterocycles. The summed E-state index contributed by atoms with van der Waals surface area (Å²) in [7, 11) is 0. The molecular weight excluding hydrogens is 492 g/mol. The highest BCUT2D eigenvalue weighted by Gasteiger charge is 2.76. The van der Waals surface area contributed by atoms with Crippen molar-refractivity contribution in [1.29, 1.82) is 0 Å². The minimum atomic E-state index is -1.20. The molecule has 0 aromatic rings. The van der Waals surface area contributed by atoms with Crippen molar-refractivity contribution in [2.45, 2.75) is 115 Å². The number of Topliss-reactive ketones (excluding diaryl/α,β-unsaturated/α-hetero) is 1. The van der Waals surface area contributed by atoms with Crippen LogP contribution >= 0.6 is 0 Å². The lowest BCUT2D eigenvalue weighted by Gasteiger charge is -2.60. The molecule has 5 aliphatic carbocycles. The highest BCUT2D eigenvalue weighted by molar-refractivity contribution is 5.92. The van der Waals surface area contributed by atoms with Crippen LogP contribution in [0.3, 0.4) is 0 Å². The Balaban J connectivity index is 1.34. The van der Waals surface area contributed by atoms with Crippen LogP contribution in [0.15, 0.2) is 36.0 Å². The molecule has 6 nitrogen and oxygen atoms in total. The van der Waals surface area contributed by atoms with Crippen molar-refractivity contribution >= 4 is 11.8 Å². The molecule has 0 spiro atoms. The Bertz CT molecular complexity index is 1090. The molecule has 1 heterocycles. The normalized spacial score (nSPS) is 45.1. The summed E-state index contributed by atoms with van der Waals surface area (Å²) in [6.45, 7) is 10.2. The van der Waals surface area contributed by atoms with E-state index in [1.807, 2.05) is 6.92 Å². The van der Waals surface area contributed by atoms with Crippen LogP contribution in [-0.2, 0) is 23.8 Å². The van der Waals surface area contributed by atoms with Gasteiger partial charge in [0, 0.05) is 29.1 Å². The number of hydrogen-bond acceptors (Lipinski definition) is 6. The first kappa shape index (κ1) is 27.4. The highest BCUT2D eigenvalue weighted by atomic mass is 16.7. The molecule has 6 aliphatic rings. The first-order valence-electron chi connectivity index (χ1n) is 15.4. The fourth-order valence-electron chi connectivity index (χ4n) is 9.82. The molecule has 0 amide bonds. The van der Waals surface area contributed by atoms with Gasteiger partial charge in [0.15, 0.2) is 18.5 Å². The number of carbonyl (C=O) groups is 2. The van der Waals surface area contributed by atoms with E-state index in [0.717, 1.165) is 50.5 Å². The summed E-state index contributed by atoms with van der Waals surface area (Å²) < 4.78 is 19.1. The summed E-state index contributed by atoms with van der Waals surface area (Å²) in [6, 6.07) is 0. The van der Waals surface area contributed by atoms with Crippen LogP contribution < -0.4 is 0 Å². The Morgan fingerprint density at radius 3 is 2.69 bits per heavy atom. The third-order valence-corrected chi connectivity index (χ3v) is 11.6. The second-order valence-corrected chi connectivity index (χ2v) is 13.7. The van der Waals surface area contributed by atoms with E-state index in [9.17, 15) is 14.7 Å². The molecule has 1 aliphatic heterocycles. The van der Waals surface area contributed by atoms with Gasteiger partial charge in [0.2, 0.25) is 5.78 Å². The van der Waals surface area contributed by atoms with Crippen molar-refractivity contribution in [3.63, 3.8) is 0 Å². The van der Waals surface area contributed by atoms with E-state index in [1.165, 1.54) is 12.0 Å². The van der Waals surface area contributed by atoms with Crippen molar-refractivity contribution in [3.8, 4) is 0 Å². The fourth-order valence-corrected chi connectivity index (χ4v) is 9.82. The van der Waals surface area contributed by atoms with Gasteiger partial charge in [0.05, 0.1) is 12.2 Å². The number of ether oxygens (including phenoxy) is 3. The van der Waals surface area contributed by atoms with Gasteiger partial charge in [0.25, 0.3) is 0 Å². The summed E-state index contributed by atoms with van der Waals surface area (Å²) in [6.07, 6.45) is 14.9. The van der Waals surface area contributed by atoms with E-state index in [-0.39, 0.29) is 53.6 Å². The molecule has 5 fully saturated rings. The van der Waals surface area contributed by atoms with Crippen LogP contribution in [0.2, 0.25) is 0 Å². The van der Waals surface area contributed by atoms with Gasteiger partial charge >= 0.3 is 5.97 Å². The van der Waals surface area contributed by atoms with Crippen LogP contribution in [0, 0.1) is 34.5 Å². The molecule has 214 valence electrons. The van der Waals surface area contributed by atoms with Crippen LogP contribution in [0.1, 0.15) is 91.4 Å². The van der Waals surface area contributed by atoms with Crippen LogP contribution in [0.25, 0.3) is 0 Å². The zero-order chi connectivity index (χ0) is 27.6. The molecule has 6 heteroatoms. The molecule has 0 radical (unpaired) electrons. The quantitative estimate of drug-likeness (QED) is 0.428. The van der Waals surface area contributed by atoms with E-state index in [2.05, 4.69) is 38.7 Å². The molecular formula is C33H46O6.